The van der Waals surface area contributed by atoms with Gasteiger partial charge in [-0.15, -0.1) is 0 Å². The molecular formula is C16H15N5O3. The summed E-state index contributed by atoms with van der Waals surface area (Å²) in [6.07, 6.45) is 6.67. The van der Waals surface area contributed by atoms with Crippen LogP contribution in [0.3, 0.4) is 0 Å². The number of nitrogens with one attached hydrogen (secondary N) is 1. The maximum atomic E-state index is 11.7. The molecule has 8 nitrogen and oxygen atoms in total. The molecule has 0 spiro atoms. The third-order valence-corrected chi connectivity index (χ3v) is 3.08. The van der Waals surface area contributed by atoms with E-state index in [1.54, 1.807) is 36.9 Å². The van der Waals surface area contributed by atoms with Crippen molar-refractivity contribution in [3.8, 4) is 11.4 Å². The number of rotatable bonds is 7. The zero-order valence-corrected chi connectivity index (χ0v) is 12.8. The van der Waals surface area contributed by atoms with Crippen LogP contribution in [-0.2, 0) is 22.7 Å². The van der Waals surface area contributed by atoms with E-state index in [4.69, 9.17) is 9.26 Å². The Balaban J connectivity index is 1.42. The van der Waals surface area contributed by atoms with Gasteiger partial charge >= 0.3 is 0 Å². The predicted molar refractivity (Wildman–Crippen MR) is 83.3 cm³/mol. The number of aromatic nitrogens is 4. The van der Waals surface area contributed by atoms with Gasteiger partial charge in [-0.1, -0.05) is 11.2 Å². The van der Waals surface area contributed by atoms with Crippen molar-refractivity contribution in [3.05, 3.63) is 60.5 Å². The summed E-state index contributed by atoms with van der Waals surface area (Å²) < 4.78 is 10.4. The molecule has 1 N–H and O–H groups in total. The lowest BCUT2D eigenvalue weighted by molar-refractivity contribution is -0.126. The van der Waals surface area contributed by atoms with Crippen LogP contribution >= 0.6 is 0 Å². The molecule has 122 valence electrons. The molecular weight excluding hydrogens is 310 g/mol. The Hall–Kier alpha value is -3.13. The molecule has 0 atom stereocenters. The predicted octanol–water partition coefficient (Wildman–Crippen LogP) is 1.36. The van der Waals surface area contributed by atoms with E-state index in [0.29, 0.717) is 18.3 Å². The highest BCUT2D eigenvalue weighted by Crippen LogP contribution is 2.14. The van der Waals surface area contributed by atoms with Crippen LogP contribution in [0.25, 0.3) is 11.4 Å². The first kappa shape index (κ1) is 15.8. The van der Waals surface area contributed by atoms with Crippen molar-refractivity contribution in [2.45, 2.75) is 13.2 Å². The molecule has 3 aromatic heterocycles. The van der Waals surface area contributed by atoms with E-state index in [-0.39, 0.29) is 19.1 Å². The fourth-order valence-electron chi connectivity index (χ4n) is 1.92. The number of carbonyl (C=O) groups is 1. The van der Waals surface area contributed by atoms with Gasteiger partial charge in [0, 0.05) is 36.9 Å². The minimum absolute atomic E-state index is 0.0679. The molecule has 0 aliphatic heterocycles. The first-order valence-electron chi connectivity index (χ1n) is 7.27. The maximum absolute atomic E-state index is 11.7. The quantitative estimate of drug-likeness (QED) is 0.699. The molecule has 0 saturated carbocycles. The van der Waals surface area contributed by atoms with Crippen LogP contribution in [0.2, 0.25) is 0 Å². The van der Waals surface area contributed by atoms with Crippen molar-refractivity contribution in [3.63, 3.8) is 0 Å². The second-order valence-corrected chi connectivity index (χ2v) is 4.88. The smallest absolute Gasteiger partial charge is 0.252 e. The van der Waals surface area contributed by atoms with Crippen molar-refractivity contribution >= 4 is 5.91 Å². The van der Waals surface area contributed by atoms with E-state index in [2.05, 4.69) is 25.4 Å². The van der Waals surface area contributed by atoms with Crippen LogP contribution in [0, 0.1) is 0 Å². The number of pyridine rings is 2. The SMILES string of the molecule is O=C(COCc1nc(-c2ccncc2)no1)NCc1cccnc1. The van der Waals surface area contributed by atoms with Gasteiger partial charge in [0.2, 0.25) is 11.7 Å². The lowest BCUT2D eigenvalue weighted by atomic mass is 10.2. The van der Waals surface area contributed by atoms with Crippen LogP contribution in [0.1, 0.15) is 11.5 Å². The third kappa shape index (κ3) is 4.43. The van der Waals surface area contributed by atoms with Gasteiger partial charge in [-0.25, -0.2) is 0 Å². The van der Waals surface area contributed by atoms with Crippen molar-refractivity contribution in [1.29, 1.82) is 0 Å². The molecule has 24 heavy (non-hydrogen) atoms. The summed E-state index contributed by atoms with van der Waals surface area (Å²) in [5, 5.41) is 6.60. The average Bonchev–Trinajstić information content (AvgIpc) is 3.11. The monoisotopic (exact) mass is 325 g/mol. The van der Waals surface area contributed by atoms with E-state index in [0.717, 1.165) is 11.1 Å². The number of hydrogen-bond donors (Lipinski definition) is 1. The summed E-state index contributed by atoms with van der Waals surface area (Å²) in [6, 6.07) is 7.25. The summed E-state index contributed by atoms with van der Waals surface area (Å²) in [4.78, 5) is 23.8. The van der Waals surface area contributed by atoms with Crippen LogP contribution < -0.4 is 5.32 Å². The van der Waals surface area contributed by atoms with E-state index >= 15 is 0 Å². The van der Waals surface area contributed by atoms with Crippen molar-refractivity contribution < 1.29 is 14.1 Å². The highest BCUT2D eigenvalue weighted by Gasteiger charge is 2.09. The Bertz CT molecular complexity index is 777. The molecule has 3 heterocycles. The molecule has 0 unspecified atom stereocenters. The highest BCUT2D eigenvalue weighted by molar-refractivity contribution is 5.77. The fraction of sp³-hybridized carbons (Fsp3) is 0.188. The van der Waals surface area contributed by atoms with E-state index in [1.807, 2.05) is 12.1 Å². The molecule has 0 aliphatic rings. The fourth-order valence-corrected chi connectivity index (χ4v) is 1.92. The van der Waals surface area contributed by atoms with Gasteiger partial charge in [0.25, 0.3) is 5.89 Å². The Morgan fingerprint density at radius 1 is 1.17 bits per heavy atom. The normalized spacial score (nSPS) is 10.5. The van der Waals surface area contributed by atoms with Crippen LogP contribution in [0.4, 0.5) is 0 Å². The highest BCUT2D eigenvalue weighted by atomic mass is 16.5. The zero-order valence-electron chi connectivity index (χ0n) is 12.8. The molecule has 3 aromatic rings. The molecule has 1 amide bonds. The van der Waals surface area contributed by atoms with Crippen molar-refractivity contribution in [2.24, 2.45) is 0 Å². The lowest BCUT2D eigenvalue weighted by Gasteiger charge is -2.04. The maximum Gasteiger partial charge on any atom is 0.252 e. The van der Waals surface area contributed by atoms with Gasteiger partial charge < -0.3 is 14.6 Å². The molecule has 0 bridgehead atoms. The number of amides is 1. The zero-order chi connectivity index (χ0) is 16.6. The largest absolute Gasteiger partial charge is 0.362 e. The van der Waals surface area contributed by atoms with E-state index in [9.17, 15) is 4.79 Å². The Morgan fingerprint density at radius 2 is 2.04 bits per heavy atom. The summed E-state index contributed by atoms with van der Waals surface area (Å²) in [5.74, 6) is 0.534. The van der Waals surface area contributed by atoms with Gasteiger partial charge in [-0.3, -0.25) is 14.8 Å². The number of hydrogen-bond acceptors (Lipinski definition) is 7. The third-order valence-electron chi connectivity index (χ3n) is 3.08. The van der Waals surface area contributed by atoms with Crippen LogP contribution in [0.5, 0.6) is 0 Å². The average molecular weight is 325 g/mol. The van der Waals surface area contributed by atoms with Gasteiger partial charge in [-0.2, -0.15) is 4.98 Å². The van der Waals surface area contributed by atoms with Crippen LogP contribution in [0.15, 0.2) is 53.6 Å². The number of nitrogens with zero attached hydrogens (tertiary/aromatic N) is 4. The molecule has 8 heteroatoms. The van der Waals surface area contributed by atoms with Gasteiger partial charge in [-0.05, 0) is 23.8 Å². The summed E-state index contributed by atoms with van der Waals surface area (Å²) in [5.41, 5.74) is 1.72. The Kier molecular flexibility index (Phi) is 5.21. The number of carbonyl (C=O) groups excluding carboxylic acids is 1. The molecule has 0 saturated heterocycles. The van der Waals surface area contributed by atoms with E-state index in [1.165, 1.54) is 0 Å². The molecule has 0 aromatic carbocycles. The second kappa shape index (κ2) is 7.93. The number of ether oxygens (including phenoxy) is 1. The topological polar surface area (TPSA) is 103 Å². The van der Waals surface area contributed by atoms with Gasteiger partial charge in [0.15, 0.2) is 0 Å². The van der Waals surface area contributed by atoms with Gasteiger partial charge in [0.1, 0.15) is 13.2 Å². The molecule has 0 fully saturated rings. The Morgan fingerprint density at radius 3 is 2.83 bits per heavy atom. The standard InChI is InChI=1S/C16H15N5O3/c22-14(19-9-12-2-1-5-18-8-12)10-23-11-15-20-16(21-24-15)13-3-6-17-7-4-13/h1-8H,9-11H2,(H,19,22). The molecule has 0 aliphatic carbocycles. The Labute approximate surface area is 137 Å². The molecule has 3 rings (SSSR count). The van der Waals surface area contributed by atoms with Gasteiger partial charge in [0.05, 0.1) is 0 Å². The molecule has 0 radical (unpaired) electrons. The minimum Gasteiger partial charge on any atom is -0.362 e. The van der Waals surface area contributed by atoms with Crippen molar-refractivity contribution in [1.82, 2.24) is 25.4 Å². The van der Waals surface area contributed by atoms with Crippen molar-refractivity contribution in [2.75, 3.05) is 6.61 Å². The summed E-state index contributed by atoms with van der Waals surface area (Å²) >= 11 is 0. The summed E-state index contributed by atoms with van der Waals surface area (Å²) in [7, 11) is 0. The second-order valence-electron chi connectivity index (χ2n) is 4.88. The van der Waals surface area contributed by atoms with E-state index < -0.39 is 0 Å². The minimum atomic E-state index is -0.229. The van der Waals surface area contributed by atoms with Crippen LogP contribution in [-0.4, -0.2) is 32.6 Å². The lowest BCUT2D eigenvalue weighted by Crippen LogP contribution is -2.27. The first-order chi connectivity index (χ1) is 11.8. The first-order valence-corrected chi connectivity index (χ1v) is 7.27. The summed E-state index contributed by atoms with van der Waals surface area (Å²) in [6.45, 7) is 0.383.